The fourth-order valence-corrected chi connectivity index (χ4v) is 8.01. The van der Waals surface area contributed by atoms with Crippen molar-refractivity contribution in [2.24, 2.45) is 0 Å². The Balaban J connectivity index is 1.47. The SMILES string of the molecule is c1ccc(-n2c3cc4sc5ccccc5c4cc3c3cc4c5ccccc5n5c6ccccc6nc5c4cc32)cc1. The molecule has 0 N–H and O–H groups in total. The first-order chi connectivity index (χ1) is 20.3. The molecule has 0 bridgehead atoms. The lowest BCUT2D eigenvalue weighted by Gasteiger charge is -2.11. The van der Waals surface area contributed by atoms with Gasteiger partial charge in [-0.2, -0.15) is 0 Å². The summed E-state index contributed by atoms with van der Waals surface area (Å²) in [7, 11) is 0. The Bertz CT molecular complexity index is 2690. The highest BCUT2D eigenvalue weighted by atomic mass is 32.1. The monoisotopic (exact) mass is 539 g/mol. The van der Waals surface area contributed by atoms with Gasteiger partial charge in [0.15, 0.2) is 0 Å². The van der Waals surface area contributed by atoms with Crippen molar-refractivity contribution in [3.8, 4) is 5.69 Å². The summed E-state index contributed by atoms with van der Waals surface area (Å²) in [6.45, 7) is 0. The van der Waals surface area contributed by atoms with Crippen LogP contribution in [0.2, 0.25) is 0 Å². The van der Waals surface area contributed by atoms with Gasteiger partial charge >= 0.3 is 0 Å². The third kappa shape index (κ3) is 2.79. The molecular weight excluding hydrogens is 518 g/mol. The van der Waals surface area contributed by atoms with Gasteiger partial charge in [-0.05, 0) is 66.0 Å². The number of hydrogen-bond acceptors (Lipinski definition) is 2. The van der Waals surface area contributed by atoms with E-state index in [1.807, 2.05) is 11.3 Å². The number of thiophene rings is 1. The molecule has 0 atom stereocenters. The minimum atomic E-state index is 0.999. The van der Waals surface area contributed by atoms with Gasteiger partial charge in [0.1, 0.15) is 5.65 Å². The van der Waals surface area contributed by atoms with Gasteiger partial charge in [-0.15, -0.1) is 11.3 Å². The van der Waals surface area contributed by atoms with Crippen molar-refractivity contribution < 1.29 is 0 Å². The first-order valence-electron chi connectivity index (χ1n) is 13.9. The molecule has 4 aromatic heterocycles. The summed E-state index contributed by atoms with van der Waals surface area (Å²) in [5.74, 6) is 0. The molecule has 0 aliphatic carbocycles. The summed E-state index contributed by atoms with van der Waals surface area (Å²) >= 11 is 1.87. The number of nitrogens with zero attached hydrogens (tertiary/aromatic N) is 3. The average molecular weight is 540 g/mol. The molecule has 0 saturated carbocycles. The maximum absolute atomic E-state index is 5.18. The van der Waals surface area contributed by atoms with Crippen LogP contribution in [0.15, 0.2) is 127 Å². The van der Waals surface area contributed by atoms with Crippen molar-refractivity contribution in [1.29, 1.82) is 0 Å². The van der Waals surface area contributed by atoms with Crippen molar-refractivity contribution in [2.45, 2.75) is 0 Å². The first kappa shape index (κ1) is 21.6. The van der Waals surface area contributed by atoms with Gasteiger partial charge in [-0.3, -0.25) is 4.40 Å². The zero-order chi connectivity index (χ0) is 26.7. The van der Waals surface area contributed by atoms with Gasteiger partial charge < -0.3 is 4.57 Å². The van der Waals surface area contributed by atoms with Crippen molar-refractivity contribution >= 4 is 91.7 Å². The van der Waals surface area contributed by atoms with Gasteiger partial charge in [0.05, 0.1) is 27.6 Å². The quantitative estimate of drug-likeness (QED) is 0.190. The first-order valence-corrected chi connectivity index (χ1v) is 14.7. The van der Waals surface area contributed by atoms with E-state index in [-0.39, 0.29) is 0 Å². The minimum Gasteiger partial charge on any atom is -0.309 e. The van der Waals surface area contributed by atoms with E-state index in [1.165, 1.54) is 63.7 Å². The van der Waals surface area contributed by atoms with Crippen LogP contribution < -0.4 is 0 Å². The van der Waals surface area contributed by atoms with Crippen LogP contribution in [0.5, 0.6) is 0 Å². The van der Waals surface area contributed by atoms with Gasteiger partial charge in [0, 0.05) is 47.4 Å². The van der Waals surface area contributed by atoms with Gasteiger partial charge in [0.25, 0.3) is 0 Å². The number of imidazole rings is 1. The van der Waals surface area contributed by atoms with E-state index in [4.69, 9.17) is 4.98 Å². The molecule has 0 aliphatic rings. The summed E-state index contributed by atoms with van der Waals surface area (Å²) in [5.41, 5.74) is 7.93. The molecule has 0 fully saturated rings. The molecule has 0 aliphatic heterocycles. The van der Waals surface area contributed by atoms with Gasteiger partial charge in [-0.25, -0.2) is 4.98 Å². The summed E-state index contributed by atoms with van der Waals surface area (Å²) in [6, 6.07) is 46.3. The van der Waals surface area contributed by atoms with Crippen LogP contribution in [0, 0.1) is 0 Å². The molecule has 0 amide bonds. The largest absolute Gasteiger partial charge is 0.309 e. The molecule has 10 rings (SSSR count). The highest BCUT2D eigenvalue weighted by Gasteiger charge is 2.19. The molecule has 4 heterocycles. The van der Waals surface area contributed by atoms with Gasteiger partial charge in [-0.1, -0.05) is 66.7 Å². The summed E-state index contributed by atoms with van der Waals surface area (Å²) in [5, 5.41) is 8.83. The molecule has 0 radical (unpaired) electrons. The summed E-state index contributed by atoms with van der Waals surface area (Å²) in [6.07, 6.45) is 0. The standard InChI is InChI=1S/C37H21N3S/c1-2-10-22(11-3-1)39-33-20-29-25(23-12-4-7-15-31(23)40-32-16-8-6-14-30(32)38-37(29)40)18-26(33)27-19-28-24-13-5-9-17-35(24)41-36(28)21-34(27)39/h1-21H. The zero-order valence-electron chi connectivity index (χ0n) is 21.9. The molecule has 6 aromatic carbocycles. The van der Waals surface area contributed by atoms with Crippen LogP contribution in [0.3, 0.4) is 0 Å². The second-order valence-electron chi connectivity index (χ2n) is 10.8. The predicted molar refractivity (Wildman–Crippen MR) is 175 cm³/mol. The van der Waals surface area contributed by atoms with Crippen molar-refractivity contribution in [3.63, 3.8) is 0 Å². The Hall–Kier alpha value is -5.19. The molecule has 0 saturated heterocycles. The Kier molecular flexibility index (Phi) is 4.07. The normalized spacial score (nSPS) is 12.4. The second-order valence-corrected chi connectivity index (χ2v) is 11.9. The van der Waals surface area contributed by atoms with E-state index in [1.54, 1.807) is 0 Å². The average Bonchev–Trinajstić information content (AvgIpc) is 3.69. The molecular formula is C37H21N3S. The Morgan fingerprint density at radius 2 is 1.12 bits per heavy atom. The van der Waals surface area contributed by atoms with Crippen LogP contribution in [-0.4, -0.2) is 14.0 Å². The highest BCUT2D eigenvalue weighted by molar-refractivity contribution is 7.25. The minimum absolute atomic E-state index is 0.999. The molecule has 4 heteroatoms. The molecule has 41 heavy (non-hydrogen) atoms. The third-order valence-electron chi connectivity index (χ3n) is 8.65. The fraction of sp³-hybridized carbons (Fsp3) is 0. The highest BCUT2D eigenvalue weighted by Crippen LogP contribution is 2.43. The van der Waals surface area contributed by atoms with Crippen LogP contribution in [0.25, 0.3) is 86.0 Å². The van der Waals surface area contributed by atoms with Gasteiger partial charge in [0.2, 0.25) is 0 Å². The van der Waals surface area contributed by atoms with E-state index in [9.17, 15) is 0 Å². The zero-order valence-corrected chi connectivity index (χ0v) is 22.7. The van der Waals surface area contributed by atoms with E-state index in [0.717, 1.165) is 22.4 Å². The number of aromatic nitrogens is 3. The number of pyridine rings is 1. The number of para-hydroxylation sites is 4. The number of fused-ring (bicyclic) bond motifs is 14. The Morgan fingerprint density at radius 3 is 2.00 bits per heavy atom. The second kappa shape index (κ2) is 7.72. The predicted octanol–water partition coefficient (Wildman–Crippen LogP) is 10.3. The topological polar surface area (TPSA) is 22.2 Å². The van der Waals surface area contributed by atoms with E-state index in [2.05, 4.69) is 136 Å². The molecule has 190 valence electrons. The maximum atomic E-state index is 5.18. The maximum Gasteiger partial charge on any atom is 0.146 e. The number of hydrogen-bond donors (Lipinski definition) is 0. The molecule has 0 unspecified atom stereocenters. The lowest BCUT2D eigenvalue weighted by molar-refractivity contribution is 1.18. The Labute approximate surface area is 238 Å². The van der Waals surface area contributed by atoms with Crippen LogP contribution in [0.4, 0.5) is 0 Å². The Morgan fingerprint density at radius 1 is 0.439 bits per heavy atom. The lowest BCUT2D eigenvalue weighted by Crippen LogP contribution is -1.94. The fourth-order valence-electron chi connectivity index (χ4n) is 6.89. The molecule has 3 nitrogen and oxygen atoms in total. The van der Waals surface area contributed by atoms with E-state index in [0.29, 0.717) is 0 Å². The van der Waals surface area contributed by atoms with Crippen LogP contribution >= 0.6 is 11.3 Å². The van der Waals surface area contributed by atoms with Crippen LogP contribution in [0.1, 0.15) is 0 Å². The molecule has 0 spiro atoms. The number of benzene rings is 6. The van der Waals surface area contributed by atoms with Crippen molar-refractivity contribution in [2.75, 3.05) is 0 Å². The summed E-state index contributed by atoms with van der Waals surface area (Å²) in [4.78, 5) is 5.18. The smallest absolute Gasteiger partial charge is 0.146 e. The summed E-state index contributed by atoms with van der Waals surface area (Å²) < 4.78 is 7.41. The van der Waals surface area contributed by atoms with Crippen molar-refractivity contribution in [1.82, 2.24) is 14.0 Å². The van der Waals surface area contributed by atoms with E-state index < -0.39 is 0 Å². The van der Waals surface area contributed by atoms with Crippen LogP contribution in [-0.2, 0) is 0 Å². The lowest BCUT2D eigenvalue weighted by atomic mass is 10.0. The van der Waals surface area contributed by atoms with E-state index >= 15 is 0 Å². The van der Waals surface area contributed by atoms with Crippen molar-refractivity contribution in [3.05, 3.63) is 127 Å². The third-order valence-corrected chi connectivity index (χ3v) is 9.79. The number of rotatable bonds is 1. The molecule has 10 aromatic rings.